The van der Waals surface area contributed by atoms with Crippen molar-refractivity contribution in [2.24, 2.45) is 0 Å². The quantitative estimate of drug-likeness (QED) is 0.794. The van der Waals surface area contributed by atoms with E-state index >= 15 is 0 Å². The number of alkyl halides is 4. The van der Waals surface area contributed by atoms with E-state index < -0.39 is 18.2 Å². The molecule has 0 radical (unpaired) electrons. The van der Waals surface area contributed by atoms with Crippen LogP contribution in [0.15, 0.2) is 30.6 Å². The molecule has 0 amide bonds. The van der Waals surface area contributed by atoms with Crippen LogP contribution in [0.3, 0.4) is 0 Å². The van der Waals surface area contributed by atoms with Crippen LogP contribution in [0.2, 0.25) is 0 Å². The third kappa shape index (κ3) is 3.94. The number of nitriles is 1. The lowest BCUT2D eigenvalue weighted by molar-refractivity contribution is -0.144. The van der Waals surface area contributed by atoms with Gasteiger partial charge in [0.25, 0.3) is 0 Å². The lowest BCUT2D eigenvalue weighted by Crippen LogP contribution is -2.21. The summed E-state index contributed by atoms with van der Waals surface area (Å²) in [6.07, 6.45) is -2.78. The van der Waals surface area contributed by atoms with Gasteiger partial charge >= 0.3 is 6.18 Å². The summed E-state index contributed by atoms with van der Waals surface area (Å²) in [6, 6.07) is 7.04. The average molecular weight is 350 g/mol. The first-order valence-electron chi connectivity index (χ1n) is 7.66. The monoisotopic (exact) mass is 350 g/mol. The highest BCUT2D eigenvalue weighted by molar-refractivity contribution is 5.64. The van der Waals surface area contributed by atoms with E-state index in [0.29, 0.717) is 48.3 Å². The van der Waals surface area contributed by atoms with Gasteiger partial charge in [-0.2, -0.15) is 18.4 Å². The van der Waals surface area contributed by atoms with E-state index in [1.165, 1.54) is 0 Å². The highest BCUT2D eigenvalue weighted by Crippen LogP contribution is 2.28. The molecule has 3 rings (SSSR count). The summed E-state index contributed by atoms with van der Waals surface area (Å²) in [5.41, 5.74) is 2.19. The molecule has 0 N–H and O–H groups in total. The summed E-state index contributed by atoms with van der Waals surface area (Å²) in [5, 5.41) is 9.24. The highest BCUT2D eigenvalue weighted by atomic mass is 19.4. The van der Waals surface area contributed by atoms with Gasteiger partial charge in [0.1, 0.15) is 6.17 Å². The Morgan fingerprint density at radius 3 is 2.48 bits per heavy atom. The smallest absolute Gasteiger partial charge is 0.296 e. The van der Waals surface area contributed by atoms with Crippen LogP contribution in [-0.4, -0.2) is 34.1 Å². The predicted molar refractivity (Wildman–Crippen MR) is 82.0 cm³/mol. The Morgan fingerprint density at radius 1 is 1.20 bits per heavy atom. The Hall–Kier alpha value is -2.53. The summed E-state index contributed by atoms with van der Waals surface area (Å²) >= 11 is 0. The van der Waals surface area contributed by atoms with Gasteiger partial charge in [0.2, 0.25) is 5.82 Å². The third-order valence-electron chi connectivity index (χ3n) is 4.07. The summed E-state index contributed by atoms with van der Waals surface area (Å²) in [6.45, 7) is 1.34. The van der Waals surface area contributed by atoms with Gasteiger partial charge in [-0.3, -0.25) is 4.90 Å². The zero-order valence-corrected chi connectivity index (χ0v) is 13.1. The molecule has 2 aromatic rings. The number of hydrogen-bond donors (Lipinski definition) is 0. The van der Waals surface area contributed by atoms with E-state index in [2.05, 4.69) is 16.0 Å². The van der Waals surface area contributed by atoms with Crippen LogP contribution in [0.25, 0.3) is 11.1 Å². The van der Waals surface area contributed by atoms with Crippen molar-refractivity contribution in [1.82, 2.24) is 14.9 Å². The van der Waals surface area contributed by atoms with E-state index in [9.17, 15) is 22.8 Å². The maximum Gasteiger partial charge on any atom is 0.451 e. The second-order valence-electron chi connectivity index (χ2n) is 5.90. The first-order valence-corrected chi connectivity index (χ1v) is 7.66. The molecule has 0 bridgehead atoms. The SMILES string of the molecule is N#Cc1ccc(-c2cnc(C(F)(F)F)nc2)cc1CN1CCC(F)C1. The minimum Gasteiger partial charge on any atom is -0.296 e. The Labute approximate surface area is 141 Å². The molecule has 0 spiro atoms. The summed E-state index contributed by atoms with van der Waals surface area (Å²) < 4.78 is 51.0. The van der Waals surface area contributed by atoms with E-state index in [0.717, 1.165) is 12.4 Å². The molecule has 1 fully saturated rings. The number of benzene rings is 1. The normalized spacial score (nSPS) is 18.3. The molecule has 2 heterocycles. The zero-order chi connectivity index (χ0) is 18.0. The maximum atomic E-state index is 13.3. The van der Waals surface area contributed by atoms with Gasteiger partial charge in [-0.05, 0) is 29.7 Å². The van der Waals surface area contributed by atoms with E-state index in [1.807, 2.05) is 4.90 Å². The van der Waals surface area contributed by atoms with Crippen LogP contribution in [-0.2, 0) is 12.7 Å². The molecule has 130 valence electrons. The first-order chi connectivity index (χ1) is 11.9. The predicted octanol–water partition coefficient (Wildman–Crippen LogP) is 3.58. The van der Waals surface area contributed by atoms with Crippen molar-refractivity contribution in [1.29, 1.82) is 5.26 Å². The molecule has 1 aliphatic rings. The van der Waals surface area contributed by atoms with Crippen LogP contribution in [0.4, 0.5) is 17.6 Å². The molecule has 25 heavy (non-hydrogen) atoms. The van der Waals surface area contributed by atoms with Gasteiger partial charge in [0.05, 0.1) is 11.6 Å². The van der Waals surface area contributed by atoms with Crippen LogP contribution < -0.4 is 0 Å². The molecule has 1 aromatic carbocycles. The Morgan fingerprint density at radius 2 is 1.92 bits per heavy atom. The van der Waals surface area contributed by atoms with Crippen molar-refractivity contribution in [3.63, 3.8) is 0 Å². The van der Waals surface area contributed by atoms with Crippen molar-refractivity contribution in [3.05, 3.63) is 47.5 Å². The summed E-state index contributed by atoms with van der Waals surface area (Å²) in [4.78, 5) is 8.61. The standard InChI is InChI=1S/C17H14F4N4/c18-15-3-4-25(10-15)9-13-5-11(1-2-12(13)6-22)14-7-23-16(24-8-14)17(19,20)21/h1-2,5,7-8,15H,3-4,9-10H2. The number of aromatic nitrogens is 2. The van der Waals surface area contributed by atoms with Gasteiger partial charge in [-0.25, -0.2) is 14.4 Å². The number of halogens is 4. The molecule has 4 nitrogen and oxygen atoms in total. The Bertz CT molecular complexity index is 796. The zero-order valence-electron chi connectivity index (χ0n) is 13.1. The fourth-order valence-electron chi connectivity index (χ4n) is 2.81. The molecule has 0 aliphatic carbocycles. The Balaban J connectivity index is 1.87. The fraction of sp³-hybridized carbons (Fsp3) is 0.353. The summed E-state index contributed by atoms with van der Waals surface area (Å²) in [7, 11) is 0. The fourth-order valence-corrected chi connectivity index (χ4v) is 2.81. The molecule has 0 saturated carbocycles. The topological polar surface area (TPSA) is 52.8 Å². The molecule has 1 saturated heterocycles. The molecule has 1 unspecified atom stereocenters. The van der Waals surface area contributed by atoms with Crippen LogP contribution in [0.5, 0.6) is 0 Å². The van der Waals surface area contributed by atoms with Crippen molar-refractivity contribution < 1.29 is 17.6 Å². The van der Waals surface area contributed by atoms with Crippen molar-refractivity contribution in [3.8, 4) is 17.2 Å². The molecule has 1 atom stereocenters. The van der Waals surface area contributed by atoms with Gasteiger partial charge in [0, 0.05) is 37.6 Å². The van der Waals surface area contributed by atoms with Gasteiger partial charge in [-0.15, -0.1) is 0 Å². The lowest BCUT2D eigenvalue weighted by atomic mass is 10.0. The maximum absolute atomic E-state index is 13.3. The summed E-state index contributed by atoms with van der Waals surface area (Å²) in [5.74, 6) is -1.20. The van der Waals surface area contributed by atoms with E-state index in [1.54, 1.807) is 18.2 Å². The largest absolute Gasteiger partial charge is 0.451 e. The van der Waals surface area contributed by atoms with Gasteiger partial charge in [0.15, 0.2) is 0 Å². The van der Waals surface area contributed by atoms with Crippen LogP contribution in [0.1, 0.15) is 23.4 Å². The Kier molecular flexibility index (Phi) is 4.68. The molecule has 1 aliphatic heterocycles. The van der Waals surface area contributed by atoms with Crippen LogP contribution in [0, 0.1) is 11.3 Å². The lowest BCUT2D eigenvalue weighted by Gasteiger charge is -2.16. The molecule has 8 heteroatoms. The number of likely N-dealkylation sites (tertiary alicyclic amines) is 1. The van der Waals surface area contributed by atoms with Gasteiger partial charge < -0.3 is 0 Å². The number of rotatable bonds is 3. The van der Waals surface area contributed by atoms with Crippen molar-refractivity contribution >= 4 is 0 Å². The second kappa shape index (κ2) is 6.76. The van der Waals surface area contributed by atoms with Crippen molar-refractivity contribution in [2.45, 2.75) is 25.3 Å². The average Bonchev–Trinajstić information content (AvgIpc) is 2.99. The number of hydrogen-bond acceptors (Lipinski definition) is 4. The molecule has 1 aromatic heterocycles. The minimum absolute atomic E-state index is 0.318. The highest BCUT2D eigenvalue weighted by Gasteiger charge is 2.34. The molecular weight excluding hydrogens is 336 g/mol. The van der Waals surface area contributed by atoms with Crippen LogP contribution >= 0.6 is 0 Å². The van der Waals surface area contributed by atoms with E-state index in [4.69, 9.17) is 0 Å². The number of nitrogens with zero attached hydrogens (tertiary/aromatic N) is 4. The molecular formula is C17H14F4N4. The van der Waals surface area contributed by atoms with Crippen molar-refractivity contribution in [2.75, 3.05) is 13.1 Å². The second-order valence-corrected chi connectivity index (χ2v) is 5.90. The minimum atomic E-state index is -4.59. The first kappa shape index (κ1) is 17.3. The van der Waals surface area contributed by atoms with E-state index in [-0.39, 0.29) is 0 Å². The third-order valence-corrected chi connectivity index (χ3v) is 4.07. The van der Waals surface area contributed by atoms with Gasteiger partial charge in [-0.1, -0.05) is 6.07 Å².